The molecule has 0 aliphatic carbocycles. The van der Waals surface area contributed by atoms with E-state index in [1.807, 2.05) is 48.8 Å². The van der Waals surface area contributed by atoms with Crippen LogP contribution in [0.25, 0.3) is 17.1 Å². The number of hydrogen-bond donors (Lipinski definition) is 0. The molecule has 0 saturated heterocycles. The van der Waals surface area contributed by atoms with Crippen LogP contribution in [0.4, 0.5) is 0 Å². The summed E-state index contributed by atoms with van der Waals surface area (Å²) in [4.78, 5) is 4.43. The van der Waals surface area contributed by atoms with Crippen molar-refractivity contribution >= 4 is 0 Å². The van der Waals surface area contributed by atoms with Gasteiger partial charge in [-0.3, -0.25) is 4.57 Å². The summed E-state index contributed by atoms with van der Waals surface area (Å²) >= 11 is 0. The molecule has 0 atom stereocenters. The average molecular weight is 220 g/mol. The van der Waals surface area contributed by atoms with Gasteiger partial charge in [-0.25, -0.2) is 4.98 Å². The summed E-state index contributed by atoms with van der Waals surface area (Å²) in [5, 5.41) is 0. The Balaban J connectivity index is 2.13. The zero-order chi connectivity index (χ0) is 11.5. The Kier molecular flexibility index (Phi) is 2.47. The van der Waals surface area contributed by atoms with Gasteiger partial charge >= 0.3 is 0 Å². The van der Waals surface area contributed by atoms with Gasteiger partial charge in [-0.15, -0.1) is 0 Å². The molecule has 82 valence electrons. The molecular weight excluding hydrogens is 208 g/mol. The summed E-state index contributed by atoms with van der Waals surface area (Å²) in [7, 11) is 0. The van der Waals surface area contributed by atoms with Crippen LogP contribution in [0, 0.1) is 0 Å². The molecule has 2 nitrogen and oxygen atoms in total. The van der Waals surface area contributed by atoms with E-state index in [4.69, 9.17) is 0 Å². The lowest BCUT2D eigenvalue weighted by Gasteiger charge is -2.07. The summed E-state index contributed by atoms with van der Waals surface area (Å²) in [6.45, 7) is 0. The standard InChI is InChI=1S/C15H12N2/c1-3-7-13(8-4-1)15-16-11-12-17(15)14-9-5-2-6-10-14/h1-12H. The summed E-state index contributed by atoms with van der Waals surface area (Å²) in [5.74, 6) is 0.969. The van der Waals surface area contributed by atoms with Crippen molar-refractivity contribution in [2.24, 2.45) is 0 Å². The van der Waals surface area contributed by atoms with Crippen LogP contribution in [-0.4, -0.2) is 9.55 Å². The maximum Gasteiger partial charge on any atom is 0.144 e. The Labute approximate surface area is 100 Å². The Hall–Kier alpha value is -2.35. The third kappa shape index (κ3) is 1.85. The third-order valence-corrected chi connectivity index (χ3v) is 2.71. The molecule has 0 N–H and O–H groups in total. The minimum Gasteiger partial charge on any atom is -0.300 e. The van der Waals surface area contributed by atoms with Gasteiger partial charge in [0.05, 0.1) is 0 Å². The van der Waals surface area contributed by atoms with Crippen molar-refractivity contribution in [1.82, 2.24) is 9.55 Å². The molecule has 0 unspecified atom stereocenters. The zero-order valence-corrected chi connectivity index (χ0v) is 9.32. The molecule has 3 rings (SSSR count). The van der Waals surface area contributed by atoms with E-state index < -0.39 is 0 Å². The highest BCUT2D eigenvalue weighted by atomic mass is 15.1. The van der Waals surface area contributed by atoms with Crippen LogP contribution in [0.3, 0.4) is 0 Å². The quantitative estimate of drug-likeness (QED) is 0.646. The number of para-hydroxylation sites is 1. The van der Waals surface area contributed by atoms with Crippen LogP contribution in [0.1, 0.15) is 0 Å². The lowest BCUT2D eigenvalue weighted by atomic mass is 10.2. The first-order valence-corrected chi connectivity index (χ1v) is 5.59. The highest BCUT2D eigenvalue weighted by Crippen LogP contribution is 2.20. The van der Waals surface area contributed by atoms with Gasteiger partial charge in [-0.05, 0) is 12.1 Å². The van der Waals surface area contributed by atoms with Gasteiger partial charge in [0.1, 0.15) is 5.82 Å². The molecule has 17 heavy (non-hydrogen) atoms. The molecule has 0 aliphatic heterocycles. The summed E-state index contributed by atoms with van der Waals surface area (Å²) in [6, 6.07) is 20.4. The molecule has 3 aromatic rings. The lowest BCUT2D eigenvalue weighted by molar-refractivity contribution is 1.07. The Morgan fingerprint density at radius 3 is 2.12 bits per heavy atom. The fourth-order valence-electron chi connectivity index (χ4n) is 1.90. The molecule has 1 aromatic heterocycles. The minimum absolute atomic E-state index is 0.969. The summed E-state index contributed by atoms with van der Waals surface area (Å²) in [5.41, 5.74) is 2.25. The van der Waals surface area contributed by atoms with E-state index in [9.17, 15) is 0 Å². The molecule has 0 bridgehead atoms. The number of aromatic nitrogens is 2. The van der Waals surface area contributed by atoms with Crippen molar-refractivity contribution in [3.8, 4) is 17.1 Å². The third-order valence-electron chi connectivity index (χ3n) is 2.71. The van der Waals surface area contributed by atoms with Crippen molar-refractivity contribution in [1.29, 1.82) is 0 Å². The SMILES string of the molecule is c1ccc(-c2nccn2-c2ccccc2)cc1. The summed E-state index contributed by atoms with van der Waals surface area (Å²) < 4.78 is 2.09. The van der Waals surface area contributed by atoms with E-state index >= 15 is 0 Å². The van der Waals surface area contributed by atoms with E-state index in [0.29, 0.717) is 0 Å². The Bertz CT molecular complexity index is 543. The molecule has 0 saturated carbocycles. The van der Waals surface area contributed by atoms with Crippen LogP contribution in [-0.2, 0) is 0 Å². The highest BCUT2D eigenvalue weighted by Gasteiger charge is 2.05. The normalized spacial score (nSPS) is 10.4. The van der Waals surface area contributed by atoms with E-state index in [1.54, 1.807) is 0 Å². The van der Waals surface area contributed by atoms with E-state index in [-0.39, 0.29) is 0 Å². The Morgan fingerprint density at radius 1 is 0.765 bits per heavy atom. The first-order valence-electron chi connectivity index (χ1n) is 5.59. The van der Waals surface area contributed by atoms with Crippen LogP contribution < -0.4 is 0 Å². The number of nitrogens with zero attached hydrogens (tertiary/aromatic N) is 2. The van der Waals surface area contributed by atoms with Gasteiger partial charge < -0.3 is 0 Å². The molecule has 0 aliphatic rings. The number of rotatable bonds is 2. The van der Waals surface area contributed by atoms with Crippen molar-refractivity contribution < 1.29 is 0 Å². The van der Waals surface area contributed by atoms with Crippen molar-refractivity contribution in [2.45, 2.75) is 0 Å². The fraction of sp³-hybridized carbons (Fsp3) is 0. The predicted octanol–water partition coefficient (Wildman–Crippen LogP) is 3.54. The zero-order valence-electron chi connectivity index (χ0n) is 9.32. The summed E-state index contributed by atoms with van der Waals surface area (Å²) in [6.07, 6.45) is 3.81. The number of imidazole rings is 1. The van der Waals surface area contributed by atoms with Gasteiger partial charge in [-0.2, -0.15) is 0 Å². The molecule has 0 fully saturated rings. The average Bonchev–Trinajstić information content (AvgIpc) is 2.90. The first-order chi connectivity index (χ1) is 8.45. The number of benzene rings is 2. The molecule has 0 spiro atoms. The van der Waals surface area contributed by atoms with Gasteiger partial charge in [0, 0.05) is 23.6 Å². The van der Waals surface area contributed by atoms with Crippen LogP contribution in [0.5, 0.6) is 0 Å². The first kappa shape index (κ1) is 9.85. The van der Waals surface area contributed by atoms with Crippen molar-refractivity contribution in [3.63, 3.8) is 0 Å². The topological polar surface area (TPSA) is 17.8 Å². The van der Waals surface area contributed by atoms with Crippen LogP contribution in [0.2, 0.25) is 0 Å². The largest absolute Gasteiger partial charge is 0.300 e. The smallest absolute Gasteiger partial charge is 0.144 e. The Morgan fingerprint density at radius 2 is 1.41 bits per heavy atom. The van der Waals surface area contributed by atoms with E-state index in [0.717, 1.165) is 17.1 Å². The van der Waals surface area contributed by atoms with Crippen LogP contribution >= 0.6 is 0 Å². The monoisotopic (exact) mass is 220 g/mol. The predicted molar refractivity (Wildman–Crippen MR) is 69.0 cm³/mol. The van der Waals surface area contributed by atoms with Gasteiger partial charge in [0.2, 0.25) is 0 Å². The fourth-order valence-corrected chi connectivity index (χ4v) is 1.90. The van der Waals surface area contributed by atoms with E-state index in [1.165, 1.54) is 0 Å². The second-order valence-electron chi connectivity index (χ2n) is 3.82. The molecule has 1 heterocycles. The van der Waals surface area contributed by atoms with Crippen molar-refractivity contribution in [3.05, 3.63) is 73.1 Å². The lowest BCUT2D eigenvalue weighted by Crippen LogP contribution is -1.95. The maximum atomic E-state index is 4.43. The van der Waals surface area contributed by atoms with E-state index in [2.05, 4.69) is 33.8 Å². The van der Waals surface area contributed by atoms with Crippen LogP contribution in [0.15, 0.2) is 73.1 Å². The molecule has 2 heteroatoms. The minimum atomic E-state index is 0.969. The van der Waals surface area contributed by atoms with Gasteiger partial charge in [0.15, 0.2) is 0 Å². The second-order valence-corrected chi connectivity index (χ2v) is 3.82. The maximum absolute atomic E-state index is 4.43. The number of hydrogen-bond acceptors (Lipinski definition) is 1. The molecule has 2 aromatic carbocycles. The highest BCUT2D eigenvalue weighted by molar-refractivity contribution is 5.58. The second kappa shape index (κ2) is 4.26. The molecule has 0 radical (unpaired) electrons. The molecule has 0 amide bonds. The van der Waals surface area contributed by atoms with Crippen molar-refractivity contribution in [2.75, 3.05) is 0 Å². The van der Waals surface area contributed by atoms with Gasteiger partial charge in [0.25, 0.3) is 0 Å². The van der Waals surface area contributed by atoms with Gasteiger partial charge in [-0.1, -0.05) is 48.5 Å². The molecular formula is C15H12N2.